The van der Waals surface area contributed by atoms with Crippen molar-refractivity contribution in [2.75, 3.05) is 39.4 Å². The van der Waals surface area contributed by atoms with Crippen LogP contribution in [0.25, 0.3) is 0 Å². The lowest BCUT2D eigenvalue weighted by Gasteiger charge is -2.33. The number of amides is 1. The second-order valence-corrected chi connectivity index (χ2v) is 10.1. The van der Waals surface area contributed by atoms with Crippen LogP contribution in [-0.2, 0) is 16.1 Å². The Bertz CT molecular complexity index is 620. The van der Waals surface area contributed by atoms with Crippen molar-refractivity contribution < 1.29 is 9.53 Å². The van der Waals surface area contributed by atoms with Crippen LogP contribution in [0.5, 0.6) is 0 Å². The van der Waals surface area contributed by atoms with Crippen LogP contribution in [0, 0.1) is 5.92 Å². The number of rotatable bonds is 6. The first kappa shape index (κ1) is 20.4. The number of likely N-dealkylation sites (tertiary alicyclic amines) is 1. The van der Waals surface area contributed by atoms with Gasteiger partial charge >= 0.3 is 0 Å². The molecule has 0 radical (unpaired) electrons. The van der Waals surface area contributed by atoms with Gasteiger partial charge in [-0.1, -0.05) is 19.3 Å². The second-order valence-electron chi connectivity index (χ2n) is 8.91. The van der Waals surface area contributed by atoms with Crippen molar-refractivity contribution >= 4 is 17.2 Å². The Labute approximate surface area is 174 Å². The molecule has 2 saturated heterocycles. The molecule has 5 heteroatoms. The molecule has 4 rings (SSSR count). The van der Waals surface area contributed by atoms with Crippen molar-refractivity contribution in [3.05, 3.63) is 21.9 Å². The number of hydrogen-bond donors (Lipinski definition) is 0. The van der Waals surface area contributed by atoms with Crippen LogP contribution >= 0.6 is 11.3 Å². The number of nitrogens with zero attached hydrogens (tertiary/aromatic N) is 2. The predicted octanol–water partition coefficient (Wildman–Crippen LogP) is 4.65. The van der Waals surface area contributed by atoms with Gasteiger partial charge in [-0.2, -0.15) is 0 Å². The highest BCUT2D eigenvalue weighted by Crippen LogP contribution is 2.36. The summed E-state index contributed by atoms with van der Waals surface area (Å²) in [4.78, 5) is 20.2. The fourth-order valence-electron chi connectivity index (χ4n) is 5.14. The van der Waals surface area contributed by atoms with Gasteiger partial charge in [0.15, 0.2) is 0 Å². The molecule has 0 N–H and O–H groups in total. The molecule has 1 amide bonds. The van der Waals surface area contributed by atoms with Gasteiger partial charge in [0.25, 0.3) is 0 Å². The average Bonchev–Trinajstić information content (AvgIpc) is 3.22. The van der Waals surface area contributed by atoms with E-state index in [0.717, 1.165) is 38.5 Å². The monoisotopic (exact) mass is 404 g/mol. The largest absolute Gasteiger partial charge is 0.378 e. The van der Waals surface area contributed by atoms with Crippen molar-refractivity contribution in [3.8, 4) is 0 Å². The van der Waals surface area contributed by atoms with E-state index in [1.165, 1.54) is 56.4 Å². The summed E-state index contributed by atoms with van der Waals surface area (Å²) in [6.45, 7) is 6.43. The van der Waals surface area contributed by atoms with E-state index in [-0.39, 0.29) is 0 Å². The average molecular weight is 405 g/mol. The van der Waals surface area contributed by atoms with Gasteiger partial charge in [-0.05, 0) is 62.6 Å². The molecule has 1 aliphatic carbocycles. The molecule has 1 aromatic heterocycles. The molecule has 0 aromatic carbocycles. The van der Waals surface area contributed by atoms with E-state index in [1.807, 2.05) is 4.90 Å². The van der Waals surface area contributed by atoms with Gasteiger partial charge in [0.1, 0.15) is 0 Å². The first-order valence-corrected chi connectivity index (χ1v) is 12.3. The van der Waals surface area contributed by atoms with Crippen LogP contribution in [0.2, 0.25) is 0 Å². The number of carbonyl (C=O) groups is 1. The summed E-state index contributed by atoms with van der Waals surface area (Å²) in [7, 11) is 0. The highest BCUT2D eigenvalue weighted by atomic mass is 32.1. The molecule has 1 aromatic rings. The molecule has 28 heavy (non-hydrogen) atoms. The van der Waals surface area contributed by atoms with E-state index in [2.05, 4.69) is 28.4 Å². The van der Waals surface area contributed by atoms with Gasteiger partial charge in [0, 0.05) is 42.4 Å². The van der Waals surface area contributed by atoms with Gasteiger partial charge in [0.05, 0.1) is 13.2 Å². The molecular formula is C23H36N2O2S. The van der Waals surface area contributed by atoms with E-state index >= 15 is 0 Å². The third-order valence-corrected chi connectivity index (χ3v) is 8.04. The minimum atomic E-state index is 0.329. The first-order chi connectivity index (χ1) is 13.8. The molecule has 156 valence electrons. The normalized spacial score (nSPS) is 25.1. The van der Waals surface area contributed by atoms with Gasteiger partial charge in [-0.3, -0.25) is 9.69 Å². The fraction of sp³-hybridized carbons (Fsp3) is 0.783. The SMILES string of the molecule is O=C(CC[C@H]1CCCN(Cc2ccc(C3CCCCC3)s2)C1)N1CCOCC1. The van der Waals surface area contributed by atoms with Crippen molar-refractivity contribution in [1.29, 1.82) is 0 Å². The summed E-state index contributed by atoms with van der Waals surface area (Å²) in [6.07, 6.45) is 11.4. The molecule has 0 spiro atoms. The minimum absolute atomic E-state index is 0.329. The third kappa shape index (κ3) is 5.58. The number of ether oxygens (including phenoxy) is 1. The quantitative estimate of drug-likeness (QED) is 0.692. The smallest absolute Gasteiger partial charge is 0.222 e. The standard InChI is InChI=1S/C23H36N2O2S/c26-23(25-13-15-27-16-14-25)11-8-19-5-4-12-24(17-19)18-21-9-10-22(28-21)20-6-2-1-3-7-20/h9-10,19-20H,1-8,11-18H2/t19-/m1/s1. The number of morpholine rings is 1. The first-order valence-electron chi connectivity index (χ1n) is 11.4. The minimum Gasteiger partial charge on any atom is -0.378 e. The maximum Gasteiger partial charge on any atom is 0.222 e. The van der Waals surface area contributed by atoms with Crippen molar-refractivity contribution in [2.24, 2.45) is 5.92 Å². The second kappa shape index (κ2) is 10.2. The van der Waals surface area contributed by atoms with Crippen LogP contribution in [0.1, 0.15) is 73.5 Å². The highest BCUT2D eigenvalue weighted by molar-refractivity contribution is 7.12. The van der Waals surface area contributed by atoms with Crippen LogP contribution in [0.15, 0.2) is 12.1 Å². The summed E-state index contributed by atoms with van der Waals surface area (Å²) in [5.74, 6) is 1.83. The molecule has 0 bridgehead atoms. The molecule has 4 nitrogen and oxygen atoms in total. The molecule has 0 unspecified atom stereocenters. The van der Waals surface area contributed by atoms with Gasteiger partial charge in [-0.15, -0.1) is 11.3 Å². The Morgan fingerprint density at radius 3 is 2.68 bits per heavy atom. The number of hydrogen-bond acceptors (Lipinski definition) is 4. The molecule has 1 atom stereocenters. The molecule has 2 aliphatic heterocycles. The van der Waals surface area contributed by atoms with E-state index in [9.17, 15) is 4.79 Å². The van der Waals surface area contributed by atoms with Crippen LogP contribution in [0.3, 0.4) is 0 Å². The molecule has 3 heterocycles. The van der Waals surface area contributed by atoms with Crippen LogP contribution in [0.4, 0.5) is 0 Å². The molecule has 1 saturated carbocycles. The summed E-state index contributed by atoms with van der Waals surface area (Å²) in [5, 5.41) is 0. The Balaban J connectivity index is 1.22. The maximum absolute atomic E-state index is 12.4. The van der Waals surface area contributed by atoms with Gasteiger partial charge in [-0.25, -0.2) is 0 Å². The highest BCUT2D eigenvalue weighted by Gasteiger charge is 2.24. The zero-order chi connectivity index (χ0) is 19.2. The Kier molecular flexibility index (Phi) is 7.43. The summed E-state index contributed by atoms with van der Waals surface area (Å²) < 4.78 is 5.36. The fourth-order valence-corrected chi connectivity index (χ4v) is 6.36. The van der Waals surface area contributed by atoms with Crippen molar-refractivity contribution in [2.45, 2.75) is 70.3 Å². The molecular weight excluding hydrogens is 368 g/mol. The van der Waals surface area contributed by atoms with Crippen LogP contribution in [-0.4, -0.2) is 55.1 Å². The third-order valence-electron chi connectivity index (χ3n) is 6.80. The summed E-state index contributed by atoms with van der Waals surface area (Å²) in [5.41, 5.74) is 0. The van der Waals surface area contributed by atoms with E-state index in [1.54, 1.807) is 4.88 Å². The number of thiophene rings is 1. The summed E-state index contributed by atoms with van der Waals surface area (Å²) >= 11 is 2.06. The Morgan fingerprint density at radius 1 is 1.04 bits per heavy atom. The zero-order valence-corrected chi connectivity index (χ0v) is 18.1. The topological polar surface area (TPSA) is 32.8 Å². The lowest BCUT2D eigenvalue weighted by molar-refractivity contribution is -0.135. The van der Waals surface area contributed by atoms with E-state index in [4.69, 9.17) is 4.74 Å². The summed E-state index contributed by atoms with van der Waals surface area (Å²) in [6, 6.07) is 4.78. The van der Waals surface area contributed by atoms with Crippen LogP contribution < -0.4 is 0 Å². The molecule has 3 fully saturated rings. The lowest BCUT2D eigenvalue weighted by atomic mass is 9.88. The van der Waals surface area contributed by atoms with Crippen molar-refractivity contribution in [3.63, 3.8) is 0 Å². The zero-order valence-electron chi connectivity index (χ0n) is 17.2. The van der Waals surface area contributed by atoms with E-state index < -0.39 is 0 Å². The van der Waals surface area contributed by atoms with E-state index in [0.29, 0.717) is 31.5 Å². The molecule has 3 aliphatic rings. The predicted molar refractivity (Wildman–Crippen MR) is 115 cm³/mol. The van der Waals surface area contributed by atoms with Gasteiger partial charge < -0.3 is 9.64 Å². The lowest BCUT2D eigenvalue weighted by Crippen LogP contribution is -2.41. The van der Waals surface area contributed by atoms with Crippen molar-refractivity contribution in [1.82, 2.24) is 9.80 Å². The number of carbonyl (C=O) groups excluding carboxylic acids is 1. The maximum atomic E-state index is 12.4. The Hall–Kier alpha value is -0.910. The van der Waals surface area contributed by atoms with Gasteiger partial charge in [0.2, 0.25) is 5.91 Å². The number of piperidine rings is 1. The Morgan fingerprint density at radius 2 is 1.86 bits per heavy atom.